The third kappa shape index (κ3) is 72.6. The van der Waals surface area contributed by atoms with Gasteiger partial charge in [-0.05, 0) is 49.4 Å². The molecular weight excluding hydrogens is 1060 g/mol. The maximum Gasteiger partial charge on any atom is 0.302 e. The normalized spacial score (nSPS) is 12.5. The van der Waals surface area contributed by atoms with Crippen LogP contribution in [0.5, 0.6) is 0 Å². The fraction of sp³-hybridized carbons (Fsp3) is 0.949. The van der Waals surface area contributed by atoms with Crippen LogP contribution in [0.3, 0.4) is 0 Å². The number of hydrogen-bond acceptors (Lipinski definition) is 8. The van der Waals surface area contributed by atoms with Crippen molar-refractivity contribution in [2.75, 3.05) is 26.4 Å². The Hall–Kier alpha value is -2.12. The van der Waals surface area contributed by atoms with Crippen molar-refractivity contribution >= 4 is 23.9 Å². The SMILES string of the molecule is C.C.CCCCCCCCCC(CCCCCCCOC(C)=O)C(CCCCCCCCC)CCCCCCCOC(C)=O.CCCCCCCCCC(CCCCCCCOC(C)=O)C(CCCCCCCCC)CCCCCCCOC(C)=O. The lowest BCUT2D eigenvalue weighted by atomic mass is 9.78. The van der Waals surface area contributed by atoms with Gasteiger partial charge in [0.1, 0.15) is 0 Å². The minimum Gasteiger partial charge on any atom is -0.466 e. The molecule has 0 aliphatic carbocycles. The first-order chi connectivity index (χ1) is 41.0. The first-order valence-electron chi connectivity index (χ1n) is 37.5. The maximum atomic E-state index is 11.0. The van der Waals surface area contributed by atoms with E-state index in [0.29, 0.717) is 26.4 Å². The van der Waals surface area contributed by atoms with Gasteiger partial charge in [-0.2, -0.15) is 0 Å². The van der Waals surface area contributed by atoms with Crippen LogP contribution in [0.25, 0.3) is 0 Å². The number of rotatable bonds is 66. The van der Waals surface area contributed by atoms with Gasteiger partial charge in [0.2, 0.25) is 0 Å². The van der Waals surface area contributed by atoms with Gasteiger partial charge in [0, 0.05) is 27.7 Å². The Labute approximate surface area is 539 Å². The highest BCUT2D eigenvalue weighted by atomic mass is 16.5. The highest BCUT2D eigenvalue weighted by molar-refractivity contribution is 5.66. The van der Waals surface area contributed by atoms with Crippen LogP contribution in [0.15, 0.2) is 0 Å². The van der Waals surface area contributed by atoms with E-state index in [0.717, 1.165) is 49.4 Å². The van der Waals surface area contributed by atoms with Crippen molar-refractivity contribution in [1.82, 2.24) is 0 Å². The minimum atomic E-state index is -0.155. The number of esters is 4. The summed E-state index contributed by atoms with van der Waals surface area (Å²) in [6.45, 7) is 17.6. The van der Waals surface area contributed by atoms with Gasteiger partial charge >= 0.3 is 23.9 Å². The van der Waals surface area contributed by atoms with Crippen LogP contribution < -0.4 is 0 Å². The Morgan fingerprint density at radius 1 is 0.198 bits per heavy atom. The summed E-state index contributed by atoms with van der Waals surface area (Å²) >= 11 is 0. The van der Waals surface area contributed by atoms with E-state index in [1.54, 1.807) is 0 Å². The summed E-state index contributed by atoms with van der Waals surface area (Å²) in [6, 6.07) is 0. The summed E-state index contributed by atoms with van der Waals surface area (Å²) in [4.78, 5) is 43.9. The van der Waals surface area contributed by atoms with E-state index >= 15 is 0 Å². The van der Waals surface area contributed by atoms with Gasteiger partial charge in [0.25, 0.3) is 0 Å². The Balaban J connectivity index is -0.000000764. The molecule has 0 fully saturated rings. The topological polar surface area (TPSA) is 105 Å². The van der Waals surface area contributed by atoms with Crippen LogP contribution in [0, 0.1) is 23.7 Å². The van der Waals surface area contributed by atoms with Crippen molar-refractivity contribution in [3.05, 3.63) is 0 Å². The molecule has 4 atom stereocenters. The Kier molecular flexibility index (Phi) is 79.1. The maximum absolute atomic E-state index is 11.0. The van der Waals surface area contributed by atoms with Crippen molar-refractivity contribution in [1.29, 1.82) is 0 Å². The lowest BCUT2D eigenvalue weighted by Gasteiger charge is -2.28. The molecule has 0 aliphatic heterocycles. The predicted molar refractivity (Wildman–Crippen MR) is 375 cm³/mol. The van der Waals surface area contributed by atoms with Gasteiger partial charge in [0.05, 0.1) is 26.4 Å². The molecule has 0 aromatic carbocycles. The van der Waals surface area contributed by atoms with Gasteiger partial charge in [-0.15, -0.1) is 0 Å². The number of ether oxygens (including phenoxy) is 4. The molecule has 0 heterocycles. The minimum absolute atomic E-state index is 0. The molecule has 0 aliphatic rings. The standard InChI is InChI=1S/2C38H74O4.2CH4/c2*1-5-7-9-11-13-17-23-29-37(31-25-19-15-21-27-33-41-35(3)39)38(30-24-18-14-12-10-8-6-2)32-26-20-16-22-28-34-42-36(4)40;;/h2*37-38H,5-34H2,1-4H3;2*1H4. The Morgan fingerprint density at radius 3 is 0.442 bits per heavy atom. The quantitative estimate of drug-likeness (QED) is 0.0337. The molecule has 8 nitrogen and oxygen atoms in total. The monoisotopic (exact) mass is 1220 g/mol. The molecule has 0 aromatic heterocycles. The van der Waals surface area contributed by atoms with E-state index in [4.69, 9.17) is 18.9 Å². The lowest BCUT2D eigenvalue weighted by Crippen LogP contribution is -2.16. The zero-order valence-electron chi connectivity index (χ0n) is 58.0. The summed E-state index contributed by atoms with van der Waals surface area (Å²) in [5.74, 6) is 2.96. The molecule has 0 radical (unpaired) electrons. The number of hydrogen-bond donors (Lipinski definition) is 0. The van der Waals surface area contributed by atoms with Crippen molar-refractivity contribution < 1.29 is 38.1 Å². The highest BCUT2D eigenvalue weighted by Crippen LogP contribution is 2.35. The van der Waals surface area contributed by atoms with Gasteiger partial charge in [-0.1, -0.05) is 376 Å². The van der Waals surface area contributed by atoms with E-state index in [-0.39, 0.29) is 38.7 Å². The molecule has 4 unspecified atom stereocenters. The van der Waals surface area contributed by atoms with Gasteiger partial charge in [0.15, 0.2) is 0 Å². The van der Waals surface area contributed by atoms with E-state index in [1.807, 2.05) is 0 Å². The molecule has 0 rings (SSSR count). The fourth-order valence-electron chi connectivity index (χ4n) is 12.9. The highest BCUT2D eigenvalue weighted by Gasteiger charge is 2.22. The molecule has 0 bridgehead atoms. The molecule has 0 aromatic rings. The predicted octanol–water partition coefficient (Wildman–Crippen LogP) is 25.9. The van der Waals surface area contributed by atoms with Crippen molar-refractivity contribution in [3.63, 3.8) is 0 Å². The van der Waals surface area contributed by atoms with Crippen LogP contribution in [-0.4, -0.2) is 50.3 Å². The zero-order valence-corrected chi connectivity index (χ0v) is 58.0. The van der Waals surface area contributed by atoms with E-state index < -0.39 is 0 Å². The van der Waals surface area contributed by atoms with E-state index in [9.17, 15) is 19.2 Å². The average molecular weight is 1220 g/mol. The molecule has 0 saturated carbocycles. The third-order valence-corrected chi connectivity index (χ3v) is 18.1. The van der Waals surface area contributed by atoms with Gasteiger partial charge < -0.3 is 18.9 Å². The summed E-state index contributed by atoms with van der Waals surface area (Å²) in [7, 11) is 0. The number of unbranched alkanes of at least 4 members (excludes halogenated alkanes) is 40. The molecule has 0 saturated heterocycles. The average Bonchev–Trinajstić information content (AvgIpc) is 3.50. The van der Waals surface area contributed by atoms with Crippen molar-refractivity contribution in [2.45, 2.75) is 430 Å². The molecule has 0 spiro atoms. The number of carbonyl (C=O) groups excluding carboxylic acids is 4. The Morgan fingerprint density at radius 2 is 0.314 bits per heavy atom. The second kappa shape index (κ2) is 75.3. The Bertz CT molecular complexity index is 1150. The van der Waals surface area contributed by atoms with Crippen LogP contribution >= 0.6 is 0 Å². The van der Waals surface area contributed by atoms with Crippen molar-refractivity contribution in [2.24, 2.45) is 23.7 Å². The molecule has 0 N–H and O–H groups in total. The largest absolute Gasteiger partial charge is 0.466 e. The van der Waals surface area contributed by atoms with E-state index in [1.165, 1.54) is 362 Å². The van der Waals surface area contributed by atoms with Crippen LogP contribution in [-0.2, 0) is 38.1 Å². The van der Waals surface area contributed by atoms with Crippen LogP contribution in [0.4, 0.5) is 0 Å². The summed E-state index contributed by atoms with van der Waals surface area (Å²) in [5, 5.41) is 0. The van der Waals surface area contributed by atoms with Crippen LogP contribution in [0.1, 0.15) is 430 Å². The van der Waals surface area contributed by atoms with E-state index in [2.05, 4.69) is 27.7 Å². The second-order valence-electron chi connectivity index (χ2n) is 26.3. The molecule has 0 amide bonds. The lowest BCUT2D eigenvalue weighted by molar-refractivity contribution is -0.142. The van der Waals surface area contributed by atoms with Gasteiger partial charge in [-0.3, -0.25) is 19.2 Å². The molecule has 516 valence electrons. The first-order valence-corrected chi connectivity index (χ1v) is 37.5. The fourth-order valence-corrected chi connectivity index (χ4v) is 12.9. The summed E-state index contributed by atoms with van der Waals surface area (Å²) in [6.07, 6.45) is 75.2. The smallest absolute Gasteiger partial charge is 0.302 e. The summed E-state index contributed by atoms with van der Waals surface area (Å²) in [5.41, 5.74) is 0. The van der Waals surface area contributed by atoms with Gasteiger partial charge in [-0.25, -0.2) is 0 Å². The molecule has 8 heteroatoms. The zero-order chi connectivity index (χ0) is 61.9. The van der Waals surface area contributed by atoms with Crippen LogP contribution in [0.2, 0.25) is 0 Å². The first kappa shape index (κ1) is 90.3. The molecular formula is C78H156O8. The van der Waals surface area contributed by atoms with Crippen molar-refractivity contribution in [3.8, 4) is 0 Å². The molecule has 86 heavy (non-hydrogen) atoms. The number of carbonyl (C=O) groups is 4. The summed E-state index contributed by atoms with van der Waals surface area (Å²) < 4.78 is 20.4. The third-order valence-electron chi connectivity index (χ3n) is 18.1. The second-order valence-corrected chi connectivity index (χ2v) is 26.3.